The first-order valence-electron chi connectivity index (χ1n) is 5.73. The Bertz CT molecular complexity index is 392. The molecule has 92 valence electrons. The van der Waals surface area contributed by atoms with Crippen LogP contribution in [-0.4, -0.2) is 24.9 Å². The van der Waals surface area contributed by atoms with E-state index in [4.69, 9.17) is 9.47 Å². The van der Waals surface area contributed by atoms with Crippen molar-refractivity contribution >= 4 is 0 Å². The lowest BCUT2D eigenvalue weighted by Crippen LogP contribution is -2.24. The summed E-state index contributed by atoms with van der Waals surface area (Å²) < 4.78 is 10.5. The number of phenolic OH excluding ortho intramolecular Hbond substituents is 1. The Morgan fingerprint density at radius 3 is 3.29 bits per heavy atom. The van der Waals surface area contributed by atoms with Gasteiger partial charge in [-0.05, 0) is 25.1 Å². The lowest BCUT2D eigenvalue weighted by Gasteiger charge is -2.11. The molecule has 0 saturated heterocycles. The first-order valence-corrected chi connectivity index (χ1v) is 5.73. The number of phenols is 1. The fourth-order valence-electron chi connectivity index (χ4n) is 1.88. The summed E-state index contributed by atoms with van der Waals surface area (Å²) in [5, 5.41) is 12.7. The summed E-state index contributed by atoms with van der Waals surface area (Å²) >= 11 is 0. The Hall–Kier alpha value is -1.68. The van der Waals surface area contributed by atoms with Gasteiger partial charge in [-0.3, -0.25) is 0 Å². The highest BCUT2D eigenvalue weighted by molar-refractivity contribution is 5.44. The Morgan fingerprint density at radius 1 is 1.59 bits per heavy atom. The summed E-state index contributed by atoms with van der Waals surface area (Å²) in [5.41, 5.74) is 1.10. The molecule has 4 nitrogen and oxygen atoms in total. The molecule has 1 aromatic carbocycles. The summed E-state index contributed by atoms with van der Waals surface area (Å²) in [7, 11) is 0. The lowest BCUT2D eigenvalue weighted by atomic mass is 10.1. The smallest absolute Gasteiger partial charge is 0.127 e. The van der Waals surface area contributed by atoms with Crippen molar-refractivity contribution in [3.05, 3.63) is 36.6 Å². The third kappa shape index (κ3) is 2.91. The average Bonchev–Trinajstić information content (AvgIpc) is 2.71. The zero-order chi connectivity index (χ0) is 12.1. The molecule has 1 aliphatic rings. The van der Waals surface area contributed by atoms with Gasteiger partial charge in [0, 0.05) is 11.6 Å². The molecule has 0 aromatic heterocycles. The van der Waals surface area contributed by atoms with Crippen LogP contribution in [0.5, 0.6) is 11.5 Å². The Labute approximate surface area is 101 Å². The summed E-state index contributed by atoms with van der Waals surface area (Å²) in [5.74, 6) is 1.01. The molecule has 0 aliphatic carbocycles. The molecule has 4 heteroatoms. The maximum atomic E-state index is 9.33. The molecule has 0 radical (unpaired) electrons. The number of hydrogen-bond acceptors (Lipinski definition) is 4. The number of hydrogen-bond donors (Lipinski definition) is 2. The fourth-order valence-corrected chi connectivity index (χ4v) is 1.88. The van der Waals surface area contributed by atoms with E-state index in [1.54, 1.807) is 12.1 Å². The Morgan fingerprint density at radius 2 is 2.47 bits per heavy atom. The molecule has 1 aliphatic heterocycles. The summed E-state index contributed by atoms with van der Waals surface area (Å²) in [6.45, 7) is 5.64. The van der Waals surface area contributed by atoms with Crippen LogP contribution in [0, 0.1) is 0 Å². The van der Waals surface area contributed by atoms with Gasteiger partial charge in [-0.2, -0.15) is 0 Å². The Kier molecular flexibility index (Phi) is 3.88. The number of aromatic hydroxyl groups is 1. The maximum absolute atomic E-state index is 9.33. The van der Waals surface area contributed by atoms with E-state index in [9.17, 15) is 5.11 Å². The molecule has 2 rings (SSSR count). The van der Waals surface area contributed by atoms with Crippen LogP contribution in [-0.2, 0) is 4.74 Å². The largest absolute Gasteiger partial charge is 0.508 e. The molecule has 17 heavy (non-hydrogen) atoms. The minimum absolute atomic E-state index is 0.203. The van der Waals surface area contributed by atoms with Gasteiger partial charge in [-0.25, -0.2) is 0 Å². The van der Waals surface area contributed by atoms with Crippen molar-refractivity contribution in [2.45, 2.75) is 12.5 Å². The van der Waals surface area contributed by atoms with Crippen LogP contribution in [0.1, 0.15) is 18.0 Å². The van der Waals surface area contributed by atoms with Crippen molar-refractivity contribution in [1.82, 2.24) is 5.32 Å². The van der Waals surface area contributed by atoms with Crippen molar-refractivity contribution in [2.75, 3.05) is 19.8 Å². The molecular weight excluding hydrogens is 218 g/mol. The Balaban J connectivity index is 1.83. The molecule has 0 spiro atoms. The van der Waals surface area contributed by atoms with Crippen molar-refractivity contribution in [1.29, 1.82) is 0 Å². The molecule has 0 bridgehead atoms. The molecule has 0 fully saturated rings. The van der Waals surface area contributed by atoms with E-state index in [0.717, 1.165) is 24.3 Å². The van der Waals surface area contributed by atoms with Gasteiger partial charge in [-0.15, -0.1) is 0 Å². The molecular formula is C13H17NO3. The molecule has 1 unspecified atom stereocenters. The van der Waals surface area contributed by atoms with E-state index in [2.05, 4.69) is 11.9 Å². The van der Waals surface area contributed by atoms with Gasteiger partial charge in [0.1, 0.15) is 18.1 Å². The number of benzene rings is 1. The fraction of sp³-hybridized carbons (Fsp3) is 0.385. The highest BCUT2D eigenvalue weighted by Crippen LogP contribution is 2.34. The summed E-state index contributed by atoms with van der Waals surface area (Å²) in [6, 6.07) is 5.44. The van der Waals surface area contributed by atoms with Crippen molar-refractivity contribution in [2.24, 2.45) is 0 Å². The van der Waals surface area contributed by atoms with E-state index in [-0.39, 0.29) is 11.8 Å². The summed E-state index contributed by atoms with van der Waals surface area (Å²) in [4.78, 5) is 0. The first-order chi connectivity index (χ1) is 8.31. The molecule has 0 saturated carbocycles. The van der Waals surface area contributed by atoms with Crippen LogP contribution in [0.4, 0.5) is 0 Å². The zero-order valence-corrected chi connectivity index (χ0v) is 9.69. The number of ether oxygens (including phenoxy) is 2. The number of fused-ring (bicyclic) bond motifs is 1. The maximum Gasteiger partial charge on any atom is 0.127 e. The first kappa shape index (κ1) is 11.8. The number of rotatable bonds is 6. The quantitative estimate of drug-likeness (QED) is 0.584. The second kappa shape index (κ2) is 5.59. The lowest BCUT2D eigenvalue weighted by molar-refractivity contribution is 0.239. The molecule has 1 heterocycles. The van der Waals surface area contributed by atoms with E-state index in [1.165, 1.54) is 6.26 Å². The molecule has 0 amide bonds. The van der Waals surface area contributed by atoms with Gasteiger partial charge >= 0.3 is 0 Å². The standard InChI is InChI=1S/C13H17NO3/c1-2-16-7-3-6-14-12-9-17-13-8-10(15)4-5-11(12)13/h2,4-5,8,12,14-15H,1,3,6-7,9H2. The van der Waals surface area contributed by atoms with Crippen LogP contribution in [0.15, 0.2) is 31.0 Å². The van der Waals surface area contributed by atoms with E-state index < -0.39 is 0 Å². The van der Waals surface area contributed by atoms with Crippen molar-refractivity contribution in [3.63, 3.8) is 0 Å². The monoisotopic (exact) mass is 235 g/mol. The second-order valence-electron chi connectivity index (χ2n) is 3.93. The SMILES string of the molecule is C=COCCCNC1COc2cc(O)ccc21. The zero-order valence-electron chi connectivity index (χ0n) is 9.69. The highest BCUT2D eigenvalue weighted by Gasteiger charge is 2.23. The van der Waals surface area contributed by atoms with Crippen LogP contribution >= 0.6 is 0 Å². The summed E-state index contributed by atoms with van der Waals surface area (Å²) in [6.07, 6.45) is 2.38. The van der Waals surface area contributed by atoms with Gasteiger partial charge in [0.25, 0.3) is 0 Å². The topological polar surface area (TPSA) is 50.7 Å². The van der Waals surface area contributed by atoms with Crippen LogP contribution in [0.2, 0.25) is 0 Å². The van der Waals surface area contributed by atoms with Gasteiger partial charge in [0.15, 0.2) is 0 Å². The van der Waals surface area contributed by atoms with Crippen LogP contribution in [0.25, 0.3) is 0 Å². The molecule has 1 aromatic rings. The van der Waals surface area contributed by atoms with Crippen molar-refractivity contribution < 1.29 is 14.6 Å². The van der Waals surface area contributed by atoms with E-state index in [0.29, 0.717) is 13.2 Å². The highest BCUT2D eigenvalue weighted by atomic mass is 16.5. The predicted octanol–water partition coefficient (Wildman–Crippen LogP) is 1.97. The average molecular weight is 235 g/mol. The molecule has 1 atom stereocenters. The third-order valence-corrected chi connectivity index (χ3v) is 2.73. The van der Waals surface area contributed by atoms with Crippen LogP contribution < -0.4 is 10.1 Å². The molecule has 2 N–H and O–H groups in total. The third-order valence-electron chi connectivity index (χ3n) is 2.73. The predicted molar refractivity (Wildman–Crippen MR) is 65.1 cm³/mol. The van der Waals surface area contributed by atoms with E-state index in [1.807, 2.05) is 6.07 Å². The van der Waals surface area contributed by atoms with Gasteiger partial charge in [-0.1, -0.05) is 6.58 Å². The number of nitrogens with one attached hydrogen (secondary N) is 1. The minimum Gasteiger partial charge on any atom is -0.508 e. The normalized spacial score (nSPS) is 17.3. The van der Waals surface area contributed by atoms with Gasteiger partial charge < -0.3 is 19.9 Å². The van der Waals surface area contributed by atoms with Crippen molar-refractivity contribution in [3.8, 4) is 11.5 Å². The minimum atomic E-state index is 0.203. The van der Waals surface area contributed by atoms with Crippen LogP contribution in [0.3, 0.4) is 0 Å². The van der Waals surface area contributed by atoms with Gasteiger partial charge in [0.2, 0.25) is 0 Å². The van der Waals surface area contributed by atoms with Gasteiger partial charge in [0.05, 0.1) is 18.9 Å². The van der Waals surface area contributed by atoms with E-state index >= 15 is 0 Å². The second-order valence-corrected chi connectivity index (χ2v) is 3.93.